The number of hydrogen-bond donors (Lipinski definition) is 1. The summed E-state index contributed by atoms with van der Waals surface area (Å²) < 4.78 is 4.37. The molecule has 9 heteroatoms. The Morgan fingerprint density at radius 1 is 1.25 bits per heavy atom. The number of aryl methyl sites for hydroxylation is 1. The molecule has 1 unspecified atom stereocenters. The molecule has 2 saturated heterocycles. The Kier molecular flexibility index (Phi) is 9.26. The van der Waals surface area contributed by atoms with Crippen LogP contribution in [0, 0.1) is 5.92 Å². The van der Waals surface area contributed by atoms with E-state index < -0.39 is 0 Å². The minimum atomic E-state index is 0. The lowest BCUT2D eigenvalue weighted by atomic mass is 9.98. The summed E-state index contributed by atoms with van der Waals surface area (Å²) in [7, 11) is 0. The molecule has 0 aromatic carbocycles. The topological polar surface area (TPSA) is 61.4 Å². The van der Waals surface area contributed by atoms with Gasteiger partial charge in [0.2, 0.25) is 11.0 Å². The monoisotopic (exact) mass is 395 g/mol. The van der Waals surface area contributed by atoms with Crippen LogP contribution in [0.25, 0.3) is 0 Å². The molecule has 1 aromatic rings. The van der Waals surface area contributed by atoms with E-state index in [1.54, 1.807) is 0 Å². The second kappa shape index (κ2) is 10.4. The van der Waals surface area contributed by atoms with Gasteiger partial charge in [0.15, 0.2) is 0 Å². The summed E-state index contributed by atoms with van der Waals surface area (Å²) >= 11 is 1.48. The lowest BCUT2D eigenvalue weighted by molar-refractivity contribution is -0.135. The SMILES string of the molecule is CCc1nsc(N2CCCN(C(=O)C3CCCNC3)CC2)n1.Cl.Cl. The third-order valence-electron chi connectivity index (χ3n) is 4.50. The Labute approximate surface area is 160 Å². The zero-order valence-corrected chi connectivity index (χ0v) is 16.5. The smallest absolute Gasteiger partial charge is 0.227 e. The lowest BCUT2D eigenvalue weighted by Gasteiger charge is -2.28. The predicted molar refractivity (Wildman–Crippen MR) is 103 cm³/mol. The summed E-state index contributed by atoms with van der Waals surface area (Å²) in [6.45, 7) is 7.47. The fourth-order valence-electron chi connectivity index (χ4n) is 3.17. The number of anilines is 1. The molecule has 3 heterocycles. The van der Waals surface area contributed by atoms with E-state index >= 15 is 0 Å². The lowest BCUT2D eigenvalue weighted by Crippen LogP contribution is -2.44. The van der Waals surface area contributed by atoms with Crippen LogP contribution in [0.2, 0.25) is 0 Å². The van der Waals surface area contributed by atoms with Crippen molar-refractivity contribution in [3.05, 3.63) is 5.82 Å². The maximum atomic E-state index is 12.6. The summed E-state index contributed by atoms with van der Waals surface area (Å²) in [5.41, 5.74) is 0. The molecule has 3 rings (SSSR count). The Morgan fingerprint density at radius 3 is 2.75 bits per heavy atom. The molecular formula is C15H27Cl2N5OS. The van der Waals surface area contributed by atoms with Gasteiger partial charge in [0.25, 0.3) is 0 Å². The maximum absolute atomic E-state index is 12.6. The summed E-state index contributed by atoms with van der Waals surface area (Å²) in [5.74, 6) is 1.43. The fraction of sp³-hybridized carbons (Fsp3) is 0.800. The predicted octanol–water partition coefficient (Wildman–Crippen LogP) is 1.98. The van der Waals surface area contributed by atoms with E-state index in [-0.39, 0.29) is 30.7 Å². The number of hydrogen-bond acceptors (Lipinski definition) is 6. The molecule has 1 atom stereocenters. The molecule has 24 heavy (non-hydrogen) atoms. The van der Waals surface area contributed by atoms with Crippen LogP contribution < -0.4 is 10.2 Å². The van der Waals surface area contributed by atoms with Gasteiger partial charge in [-0.05, 0) is 25.8 Å². The van der Waals surface area contributed by atoms with Crippen molar-refractivity contribution in [1.82, 2.24) is 19.6 Å². The van der Waals surface area contributed by atoms with E-state index in [1.807, 2.05) is 0 Å². The van der Waals surface area contributed by atoms with E-state index in [9.17, 15) is 4.79 Å². The van der Waals surface area contributed by atoms with Crippen LogP contribution in [0.1, 0.15) is 32.0 Å². The summed E-state index contributed by atoms with van der Waals surface area (Å²) in [4.78, 5) is 21.6. The van der Waals surface area contributed by atoms with Crippen molar-refractivity contribution in [2.45, 2.75) is 32.6 Å². The highest BCUT2D eigenvalue weighted by molar-refractivity contribution is 7.09. The fourth-order valence-corrected chi connectivity index (χ4v) is 3.97. The Hall–Kier alpha value is -0.630. The zero-order chi connectivity index (χ0) is 15.4. The van der Waals surface area contributed by atoms with Crippen molar-refractivity contribution in [2.75, 3.05) is 44.2 Å². The van der Waals surface area contributed by atoms with E-state index in [1.165, 1.54) is 11.5 Å². The van der Waals surface area contributed by atoms with Crippen LogP contribution in [-0.4, -0.2) is 59.4 Å². The van der Waals surface area contributed by atoms with Crippen LogP contribution >= 0.6 is 36.3 Å². The van der Waals surface area contributed by atoms with Crippen molar-refractivity contribution < 1.29 is 4.79 Å². The summed E-state index contributed by atoms with van der Waals surface area (Å²) in [6, 6.07) is 0. The largest absolute Gasteiger partial charge is 0.345 e. The van der Waals surface area contributed by atoms with Gasteiger partial charge in [-0.25, -0.2) is 4.98 Å². The number of amides is 1. The van der Waals surface area contributed by atoms with E-state index in [2.05, 4.69) is 31.4 Å². The molecule has 0 aliphatic carbocycles. The number of carbonyl (C=O) groups excluding carboxylic acids is 1. The summed E-state index contributed by atoms with van der Waals surface area (Å²) in [6.07, 6.45) is 4.03. The molecule has 0 spiro atoms. The van der Waals surface area contributed by atoms with Gasteiger partial charge < -0.3 is 15.1 Å². The van der Waals surface area contributed by atoms with E-state index in [0.29, 0.717) is 5.91 Å². The molecule has 1 aromatic heterocycles. The molecule has 6 nitrogen and oxygen atoms in total. The maximum Gasteiger partial charge on any atom is 0.227 e. The molecule has 1 amide bonds. The van der Waals surface area contributed by atoms with Crippen LogP contribution in [0.3, 0.4) is 0 Å². The third kappa shape index (κ3) is 5.18. The highest BCUT2D eigenvalue weighted by Gasteiger charge is 2.27. The summed E-state index contributed by atoms with van der Waals surface area (Å²) in [5, 5.41) is 4.34. The van der Waals surface area contributed by atoms with Crippen molar-refractivity contribution in [1.29, 1.82) is 0 Å². The highest BCUT2D eigenvalue weighted by atomic mass is 35.5. The van der Waals surface area contributed by atoms with Crippen molar-refractivity contribution in [3.63, 3.8) is 0 Å². The first-order chi connectivity index (χ1) is 10.8. The highest BCUT2D eigenvalue weighted by Crippen LogP contribution is 2.21. The number of carbonyl (C=O) groups is 1. The standard InChI is InChI=1S/C15H25N5OS.2ClH/c1-2-13-17-15(22-18-13)20-8-4-7-19(9-10-20)14(21)12-5-3-6-16-11-12;;/h12,16H,2-11H2,1H3;2*1H. The van der Waals surface area contributed by atoms with E-state index in [0.717, 1.165) is 75.9 Å². The second-order valence-corrected chi connectivity index (χ2v) is 6.79. The normalized spacial score (nSPS) is 21.5. The zero-order valence-electron chi connectivity index (χ0n) is 14.1. The van der Waals surface area contributed by atoms with Crippen molar-refractivity contribution in [3.8, 4) is 0 Å². The van der Waals surface area contributed by atoms with Gasteiger partial charge in [-0.3, -0.25) is 4.79 Å². The van der Waals surface area contributed by atoms with Crippen LogP contribution in [0.5, 0.6) is 0 Å². The van der Waals surface area contributed by atoms with Gasteiger partial charge in [0, 0.05) is 50.7 Å². The second-order valence-electron chi connectivity index (χ2n) is 6.06. The molecule has 0 bridgehead atoms. The first-order valence-electron chi connectivity index (χ1n) is 8.35. The molecule has 138 valence electrons. The van der Waals surface area contributed by atoms with Gasteiger partial charge in [0.05, 0.1) is 5.92 Å². The molecule has 2 aliphatic rings. The average molecular weight is 396 g/mol. The Balaban J connectivity index is 0.00000144. The molecule has 0 saturated carbocycles. The van der Waals surface area contributed by atoms with Gasteiger partial charge in [0.1, 0.15) is 5.82 Å². The molecule has 1 N–H and O–H groups in total. The van der Waals surface area contributed by atoms with Crippen LogP contribution in [-0.2, 0) is 11.2 Å². The average Bonchev–Trinajstić information content (AvgIpc) is 2.92. The van der Waals surface area contributed by atoms with Gasteiger partial charge in [-0.15, -0.1) is 24.8 Å². The first kappa shape index (κ1) is 21.4. The van der Waals surface area contributed by atoms with Crippen LogP contribution in [0.4, 0.5) is 5.13 Å². The number of nitrogens with one attached hydrogen (secondary N) is 1. The number of piperidine rings is 1. The first-order valence-corrected chi connectivity index (χ1v) is 9.12. The van der Waals surface area contributed by atoms with Crippen LogP contribution in [0.15, 0.2) is 0 Å². The van der Waals surface area contributed by atoms with Gasteiger partial charge in [-0.1, -0.05) is 6.92 Å². The van der Waals surface area contributed by atoms with E-state index in [4.69, 9.17) is 0 Å². The molecule has 2 aliphatic heterocycles. The van der Waals surface area contributed by atoms with Gasteiger partial charge in [-0.2, -0.15) is 4.37 Å². The third-order valence-corrected chi connectivity index (χ3v) is 5.31. The Bertz CT molecular complexity index is 510. The minimum Gasteiger partial charge on any atom is -0.345 e. The molecular weight excluding hydrogens is 369 g/mol. The number of nitrogens with zero attached hydrogens (tertiary/aromatic N) is 4. The number of rotatable bonds is 3. The quantitative estimate of drug-likeness (QED) is 0.847. The minimum absolute atomic E-state index is 0. The molecule has 2 fully saturated rings. The van der Waals surface area contributed by atoms with Crippen molar-refractivity contribution >= 4 is 47.4 Å². The number of aromatic nitrogens is 2. The Morgan fingerprint density at radius 2 is 2.08 bits per heavy atom. The van der Waals surface area contributed by atoms with Crippen molar-refractivity contribution in [2.24, 2.45) is 5.92 Å². The number of halogens is 2. The molecule has 0 radical (unpaired) electrons. The van der Waals surface area contributed by atoms with Gasteiger partial charge >= 0.3 is 0 Å².